The molecule has 3 heteroatoms. The minimum atomic E-state index is 0.361. The maximum atomic E-state index is 5.40. The summed E-state index contributed by atoms with van der Waals surface area (Å²) in [6.07, 6.45) is 4.83. The zero-order valence-electron chi connectivity index (χ0n) is 6.34. The fourth-order valence-electron chi connectivity index (χ4n) is 2.49. The number of hydrogen-bond donors (Lipinski definition) is 0. The summed E-state index contributed by atoms with van der Waals surface area (Å²) in [4.78, 5) is 0. The van der Waals surface area contributed by atoms with Gasteiger partial charge in [-0.3, -0.25) is 0 Å². The Balaban J connectivity index is 1.98. The molecular weight excluding hydrogens is 140 g/mol. The van der Waals surface area contributed by atoms with Crippen LogP contribution in [0.2, 0.25) is 0 Å². The highest BCUT2D eigenvalue weighted by atomic mass is 16.5. The third kappa shape index (κ3) is 0.506. The van der Waals surface area contributed by atoms with Gasteiger partial charge in [-0.25, -0.2) is 0 Å². The topological polar surface area (TPSA) is 34.0 Å². The van der Waals surface area contributed by atoms with Crippen molar-refractivity contribution in [1.29, 1.82) is 0 Å². The molecule has 2 aliphatic carbocycles. The molecule has 1 saturated carbocycles. The van der Waals surface area contributed by atoms with Crippen molar-refractivity contribution in [2.24, 2.45) is 22.1 Å². The first-order chi connectivity index (χ1) is 5.42. The Morgan fingerprint density at radius 3 is 2.00 bits per heavy atom. The lowest BCUT2D eigenvalue weighted by atomic mass is 9.95. The van der Waals surface area contributed by atoms with E-state index in [4.69, 9.17) is 4.74 Å². The maximum absolute atomic E-state index is 5.40. The van der Waals surface area contributed by atoms with Crippen LogP contribution in [0.4, 0.5) is 0 Å². The second-order valence-electron chi connectivity index (χ2n) is 3.45. The summed E-state index contributed by atoms with van der Waals surface area (Å²) < 4.78 is 5.40. The van der Waals surface area contributed by atoms with Crippen LogP contribution < -0.4 is 0 Å². The first-order valence-corrected chi connectivity index (χ1v) is 4.03. The van der Waals surface area contributed by atoms with E-state index < -0.39 is 0 Å². The first kappa shape index (κ1) is 5.89. The standard InChI is InChI=1S/C8H10N2O/c1-11-8-4-2-3-5(8)7-6(4)9-10-7/h2-8H,1H3. The van der Waals surface area contributed by atoms with Crippen molar-refractivity contribution in [2.45, 2.75) is 18.2 Å². The van der Waals surface area contributed by atoms with E-state index >= 15 is 0 Å². The Bertz CT molecular complexity index is 226. The van der Waals surface area contributed by atoms with Crippen LogP contribution in [0.25, 0.3) is 0 Å². The fourth-order valence-corrected chi connectivity index (χ4v) is 2.49. The van der Waals surface area contributed by atoms with Crippen LogP contribution in [0.15, 0.2) is 22.4 Å². The lowest BCUT2D eigenvalue weighted by Gasteiger charge is -2.25. The van der Waals surface area contributed by atoms with Gasteiger partial charge in [0.25, 0.3) is 0 Å². The molecule has 4 unspecified atom stereocenters. The molecular formula is C8H10N2O. The molecule has 1 heterocycles. The fraction of sp³-hybridized carbons (Fsp3) is 0.750. The van der Waals surface area contributed by atoms with E-state index in [0.29, 0.717) is 30.0 Å². The summed E-state index contributed by atoms with van der Waals surface area (Å²) in [7, 11) is 1.78. The molecule has 0 radical (unpaired) electrons. The lowest BCUT2D eigenvalue weighted by Crippen LogP contribution is -2.33. The molecule has 0 aromatic carbocycles. The van der Waals surface area contributed by atoms with Crippen LogP contribution >= 0.6 is 0 Å². The number of ether oxygens (including phenoxy) is 1. The quantitative estimate of drug-likeness (QED) is 0.514. The van der Waals surface area contributed by atoms with Crippen LogP contribution in [0.1, 0.15) is 0 Å². The Kier molecular flexibility index (Phi) is 0.921. The molecule has 3 rings (SSSR count). The average Bonchev–Trinajstić information content (AvgIpc) is 2.37. The van der Waals surface area contributed by atoms with Crippen molar-refractivity contribution in [2.75, 3.05) is 7.11 Å². The molecule has 4 atom stereocenters. The van der Waals surface area contributed by atoms with Crippen molar-refractivity contribution in [3.05, 3.63) is 12.2 Å². The van der Waals surface area contributed by atoms with Gasteiger partial charge in [0.2, 0.25) is 0 Å². The predicted octanol–water partition coefficient (Wildman–Crippen LogP) is 1.02. The summed E-state index contributed by atoms with van der Waals surface area (Å²) in [5, 5.41) is 8.21. The highest BCUT2D eigenvalue weighted by Crippen LogP contribution is 2.48. The smallest absolute Gasteiger partial charge is 0.104 e. The molecule has 0 spiro atoms. The molecule has 0 saturated heterocycles. The van der Waals surface area contributed by atoms with Crippen LogP contribution in [-0.2, 0) is 4.74 Å². The number of nitrogens with zero attached hydrogens (tertiary/aromatic N) is 2. The second-order valence-corrected chi connectivity index (χ2v) is 3.45. The average molecular weight is 150 g/mol. The highest BCUT2D eigenvalue weighted by molar-refractivity contribution is 5.25. The lowest BCUT2D eigenvalue weighted by molar-refractivity contribution is 0.0723. The Labute approximate surface area is 65.1 Å². The van der Waals surface area contributed by atoms with Crippen LogP contribution in [0.3, 0.4) is 0 Å². The summed E-state index contributed by atoms with van der Waals surface area (Å²) >= 11 is 0. The molecule has 58 valence electrons. The number of hydrogen-bond acceptors (Lipinski definition) is 3. The van der Waals surface area contributed by atoms with Gasteiger partial charge in [-0.2, -0.15) is 10.2 Å². The summed E-state index contributed by atoms with van der Waals surface area (Å²) in [5.74, 6) is 1.04. The third-order valence-electron chi connectivity index (χ3n) is 3.06. The number of methoxy groups -OCH3 is 1. The molecule has 3 aliphatic rings. The van der Waals surface area contributed by atoms with E-state index in [1.165, 1.54) is 0 Å². The number of rotatable bonds is 1. The van der Waals surface area contributed by atoms with Gasteiger partial charge in [0.15, 0.2) is 0 Å². The van der Waals surface area contributed by atoms with Crippen LogP contribution in [-0.4, -0.2) is 25.3 Å². The van der Waals surface area contributed by atoms with Crippen LogP contribution in [0, 0.1) is 11.8 Å². The van der Waals surface area contributed by atoms with Crippen LogP contribution in [0.5, 0.6) is 0 Å². The Hall–Kier alpha value is -0.700. The van der Waals surface area contributed by atoms with Gasteiger partial charge >= 0.3 is 0 Å². The molecule has 1 aliphatic heterocycles. The number of azo groups is 1. The van der Waals surface area contributed by atoms with Crippen molar-refractivity contribution in [1.82, 2.24) is 0 Å². The minimum absolute atomic E-state index is 0.361. The van der Waals surface area contributed by atoms with Crippen molar-refractivity contribution in [3.8, 4) is 0 Å². The van der Waals surface area contributed by atoms with E-state index in [1.807, 2.05) is 0 Å². The Morgan fingerprint density at radius 1 is 1.09 bits per heavy atom. The third-order valence-corrected chi connectivity index (χ3v) is 3.06. The van der Waals surface area contributed by atoms with E-state index in [-0.39, 0.29) is 0 Å². The van der Waals surface area contributed by atoms with E-state index in [0.717, 1.165) is 0 Å². The number of fused-ring (bicyclic) bond motifs is 5. The molecule has 2 bridgehead atoms. The first-order valence-electron chi connectivity index (χ1n) is 4.03. The molecule has 0 aromatic heterocycles. The largest absolute Gasteiger partial charge is 0.380 e. The molecule has 0 aromatic rings. The van der Waals surface area contributed by atoms with E-state index in [2.05, 4.69) is 22.4 Å². The molecule has 0 N–H and O–H groups in total. The van der Waals surface area contributed by atoms with Gasteiger partial charge < -0.3 is 4.74 Å². The van der Waals surface area contributed by atoms with Gasteiger partial charge in [0.05, 0.1) is 6.10 Å². The normalized spacial score (nSPS) is 56.3. The molecule has 1 fully saturated rings. The minimum Gasteiger partial charge on any atom is -0.380 e. The van der Waals surface area contributed by atoms with Gasteiger partial charge in [-0.1, -0.05) is 12.2 Å². The highest BCUT2D eigenvalue weighted by Gasteiger charge is 2.56. The second kappa shape index (κ2) is 1.72. The maximum Gasteiger partial charge on any atom is 0.104 e. The summed E-state index contributed by atoms with van der Waals surface area (Å²) in [6.45, 7) is 0. The summed E-state index contributed by atoms with van der Waals surface area (Å²) in [5.41, 5.74) is 0. The zero-order chi connectivity index (χ0) is 7.42. The van der Waals surface area contributed by atoms with Crippen molar-refractivity contribution >= 4 is 0 Å². The monoisotopic (exact) mass is 150 g/mol. The molecule has 3 nitrogen and oxygen atoms in total. The van der Waals surface area contributed by atoms with Crippen molar-refractivity contribution in [3.63, 3.8) is 0 Å². The predicted molar refractivity (Wildman–Crippen MR) is 39.3 cm³/mol. The summed E-state index contributed by atoms with van der Waals surface area (Å²) in [6, 6.07) is 0.907. The van der Waals surface area contributed by atoms with Gasteiger partial charge in [0, 0.05) is 18.9 Å². The van der Waals surface area contributed by atoms with Gasteiger partial charge in [-0.05, 0) is 0 Å². The zero-order valence-corrected chi connectivity index (χ0v) is 6.34. The van der Waals surface area contributed by atoms with Gasteiger partial charge in [-0.15, -0.1) is 0 Å². The van der Waals surface area contributed by atoms with Gasteiger partial charge in [0.1, 0.15) is 12.1 Å². The Morgan fingerprint density at radius 2 is 1.64 bits per heavy atom. The molecule has 0 amide bonds. The van der Waals surface area contributed by atoms with E-state index in [9.17, 15) is 0 Å². The molecule has 11 heavy (non-hydrogen) atoms. The van der Waals surface area contributed by atoms with E-state index in [1.54, 1.807) is 7.11 Å². The van der Waals surface area contributed by atoms with Crippen molar-refractivity contribution < 1.29 is 4.74 Å². The SMILES string of the molecule is COC1C2C=CC1C1N=NC21.